The van der Waals surface area contributed by atoms with Crippen LogP contribution in [-0.2, 0) is 4.74 Å². The normalized spacial score (nSPS) is 12.2. The van der Waals surface area contributed by atoms with E-state index in [1.54, 1.807) is 19.2 Å². The molecule has 0 amide bonds. The first-order chi connectivity index (χ1) is 8.06. The van der Waals surface area contributed by atoms with Crippen molar-refractivity contribution < 1.29 is 14.6 Å². The van der Waals surface area contributed by atoms with E-state index in [1.807, 2.05) is 13.0 Å². The molecule has 0 fully saturated rings. The Balaban J connectivity index is 2.86. The highest BCUT2D eigenvalue weighted by molar-refractivity contribution is 9.10. The van der Waals surface area contributed by atoms with Gasteiger partial charge in [0.05, 0.1) is 12.2 Å². The van der Waals surface area contributed by atoms with E-state index >= 15 is 0 Å². The lowest BCUT2D eigenvalue weighted by molar-refractivity contribution is 0.0697. The third kappa shape index (κ3) is 4.36. The Bertz CT molecular complexity index is 395. The summed E-state index contributed by atoms with van der Waals surface area (Å²) in [5, 5.41) is 12.2. The minimum atomic E-state index is -0.936. The number of halogens is 1. The van der Waals surface area contributed by atoms with Gasteiger partial charge in [-0.25, -0.2) is 4.79 Å². The summed E-state index contributed by atoms with van der Waals surface area (Å²) in [5.41, 5.74) is 1.04. The molecule has 0 spiro atoms. The van der Waals surface area contributed by atoms with Crippen LogP contribution >= 0.6 is 15.9 Å². The number of carbonyl (C=O) groups is 1. The molecule has 0 aliphatic heterocycles. The third-order valence-electron chi connectivity index (χ3n) is 2.38. The van der Waals surface area contributed by atoms with Crippen molar-refractivity contribution >= 4 is 27.6 Å². The molecule has 0 heterocycles. The van der Waals surface area contributed by atoms with Gasteiger partial charge in [-0.3, -0.25) is 0 Å². The van der Waals surface area contributed by atoms with Gasteiger partial charge < -0.3 is 15.2 Å². The van der Waals surface area contributed by atoms with Gasteiger partial charge in [-0.05, 0) is 24.6 Å². The fourth-order valence-corrected chi connectivity index (χ4v) is 1.99. The first-order valence-corrected chi connectivity index (χ1v) is 6.15. The van der Waals surface area contributed by atoms with Gasteiger partial charge in [0, 0.05) is 23.3 Å². The molecule has 0 aliphatic rings. The smallest absolute Gasteiger partial charge is 0.335 e. The van der Waals surface area contributed by atoms with Gasteiger partial charge in [-0.1, -0.05) is 22.9 Å². The number of carboxylic acids is 1. The number of aromatic carboxylic acids is 1. The SMILES string of the molecule is CCC(COC)Nc1cc(Br)cc(C(=O)O)c1. The van der Waals surface area contributed by atoms with Crippen LogP contribution in [0.5, 0.6) is 0 Å². The molecule has 1 unspecified atom stereocenters. The average molecular weight is 302 g/mol. The van der Waals surface area contributed by atoms with Gasteiger partial charge in [-0.2, -0.15) is 0 Å². The van der Waals surface area contributed by atoms with Crippen LogP contribution in [0.4, 0.5) is 5.69 Å². The third-order valence-corrected chi connectivity index (χ3v) is 2.83. The highest BCUT2D eigenvalue weighted by Crippen LogP contribution is 2.20. The second-order valence-corrected chi connectivity index (χ2v) is 4.65. The Kier molecular flexibility index (Phi) is 5.44. The number of methoxy groups -OCH3 is 1. The largest absolute Gasteiger partial charge is 0.478 e. The Hall–Kier alpha value is -1.07. The second-order valence-electron chi connectivity index (χ2n) is 3.74. The molecule has 1 aromatic rings. The van der Waals surface area contributed by atoms with Crippen molar-refractivity contribution in [3.8, 4) is 0 Å². The van der Waals surface area contributed by atoms with Crippen molar-refractivity contribution in [2.45, 2.75) is 19.4 Å². The van der Waals surface area contributed by atoms with Crippen molar-refractivity contribution in [2.24, 2.45) is 0 Å². The fourth-order valence-electron chi connectivity index (χ4n) is 1.49. The van der Waals surface area contributed by atoms with Crippen LogP contribution in [0.2, 0.25) is 0 Å². The van der Waals surface area contributed by atoms with E-state index in [1.165, 1.54) is 0 Å². The van der Waals surface area contributed by atoms with E-state index in [9.17, 15) is 4.79 Å². The second kappa shape index (κ2) is 6.61. The molecule has 94 valence electrons. The van der Waals surface area contributed by atoms with E-state index < -0.39 is 5.97 Å². The Morgan fingerprint density at radius 1 is 1.53 bits per heavy atom. The van der Waals surface area contributed by atoms with E-state index in [4.69, 9.17) is 9.84 Å². The zero-order chi connectivity index (χ0) is 12.8. The van der Waals surface area contributed by atoms with Crippen LogP contribution in [0.3, 0.4) is 0 Å². The number of rotatable bonds is 6. The predicted molar refractivity (Wildman–Crippen MR) is 70.7 cm³/mol. The number of hydrogen-bond acceptors (Lipinski definition) is 3. The van der Waals surface area contributed by atoms with Crippen LogP contribution in [0.1, 0.15) is 23.7 Å². The number of benzene rings is 1. The van der Waals surface area contributed by atoms with Gasteiger partial charge in [0.25, 0.3) is 0 Å². The molecule has 2 N–H and O–H groups in total. The quantitative estimate of drug-likeness (QED) is 0.848. The predicted octanol–water partition coefficient (Wildman–Crippen LogP) is 2.98. The van der Waals surface area contributed by atoms with Gasteiger partial charge in [0.15, 0.2) is 0 Å². The number of anilines is 1. The molecule has 0 saturated heterocycles. The first kappa shape index (κ1) is 14.0. The standard InChI is InChI=1S/C12H16BrNO3/c1-3-10(7-17-2)14-11-5-8(12(15)16)4-9(13)6-11/h4-6,10,14H,3,7H2,1-2H3,(H,15,16). The summed E-state index contributed by atoms with van der Waals surface area (Å²) in [6.45, 7) is 2.64. The number of carboxylic acid groups (broad SMARTS) is 1. The number of hydrogen-bond donors (Lipinski definition) is 2. The van der Waals surface area contributed by atoms with E-state index in [2.05, 4.69) is 21.2 Å². The highest BCUT2D eigenvalue weighted by atomic mass is 79.9. The van der Waals surface area contributed by atoms with Crippen LogP contribution in [0.15, 0.2) is 22.7 Å². The maximum absolute atomic E-state index is 10.9. The average Bonchev–Trinajstić information content (AvgIpc) is 2.27. The van der Waals surface area contributed by atoms with Gasteiger partial charge in [0.2, 0.25) is 0 Å². The van der Waals surface area contributed by atoms with Crippen molar-refractivity contribution in [1.29, 1.82) is 0 Å². The van der Waals surface area contributed by atoms with E-state index in [-0.39, 0.29) is 11.6 Å². The maximum atomic E-state index is 10.9. The molecule has 0 aliphatic carbocycles. The molecule has 0 aromatic heterocycles. The summed E-state index contributed by atoms with van der Waals surface area (Å²) >= 11 is 3.30. The summed E-state index contributed by atoms with van der Waals surface area (Å²) in [7, 11) is 1.65. The van der Waals surface area contributed by atoms with E-state index in [0.717, 1.165) is 16.6 Å². The van der Waals surface area contributed by atoms with Crippen molar-refractivity contribution in [1.82, 2.24) is 0 Å². The topological polar surface area (TPSA) is 58.6 Å². The summed E-state index contributed by atoms with van der Waals surface area (Å²) in [4.78, 5) is 10.9. The fraction of sp³-hybridized carbons (Fsp3) is 0.417. The van der Waals surface area contributed by atoms with E-state index in [0.29, 0.717) is 6.61 Å². The van der Waals surface area contributed by atoms with Gasteiger partial charge in [-0.15, -0.1) is 0 Å². The first-order valence-electron chi connectivity index (χ1n) is 5.36. The van der Waals surface area contributed by atoms with Crippen molar-refractivity contribution in [3.63, 3.8) is 0 Å². The van der Waals surface area contributed by atoms with Crippen LogP contribution in [0.25, 0.3) is 0 Å². The number of ether oxygens (including phenoxy) is 1. The van der Waals surface area contributed by atoms with Crippen molar-refractivity contribution in [2.75, 3.05) is 19.0 Å². The lowest BCUT2D eigenvalue weighted by atomic mass is 10.1. The zero-order valence-corrected chi connectivity index (χ0v) is 11.5. The highest BCUT2D eigenvalue weighted by Gasteiger charge is 2.09. The molecule has 0 bridgehead atoms. The monoisotopic (exact) mass is 301 g/mol. The number of nitrogens with one attached hydrogen (secondary N) is 1. The van der Waals surface area contributed by atoms with Gasteiger partial charge >= 0.3 is 5.97 Å². The summed E-state index contributed by atoms with van der Waals surface area (Å²) < 4.78 is 5.83. The molecule has 17 heavy (non-hydrogen) atoms. The van der Waals surface area contributed by atoms with Crippen molar-refractivity contribution in [3.05, 3.63) is 28.2 Å². The van der Waals surface area contributed by atoms with Crippen LogP contribution < -0.4 is 5.32 Å². The summed E-state index contributed by atoms with van der Waals surface area (Å²) in [6.07, 6.45) is 0.906. The summed E-state index contributed by atoms with van der Waals surface area (Å²) in [6, 6.07) is 5.22. The molecular weight excluding hydrogens is 286 g/mol. The molecular formula is C12H16BrNO3. The van der Waals surface area contributed by atoms with Crippen LogP contribution in [-0.4, -0.2) is 30.8 Å². The Morgan fingerprint density at radius 2 is 2.24 bits per heavy atom. The lowest BCUT2D eigenvalue weighted by Crippen LogP contribution is -2.24. The van der Waals surface area contributed by atoms with Gasteiger partial charge in [0.1, 0.15) is 0 Å². The maximum Gasteiger partial charge on any atom is 0.335 e. The van der Waals surface area contributed by atoms with Crippen LogP contribution in [0, 0.1) is 0 Å². The molecule has 5 heteroatoms. The lowest BCUT2D eigenvalue weighted by Gasteiger charge is -2.17. The zero-order valence-electron chi connectivity index (χ0n) is 9.87. The molecule has 0 radical (unpaired) electrons. The minimum Gasteiger partial charge on any atom is -0.478 e. The summed E-state index contributed by atoms with van der Waals surface area (Å²) in [5.74, 6) is -0.936. The molecule has 1 rings (SSSR count). The molecule has 0 saturated carbocycles. The minimum absolute atomic E-state index is 0.177. The Labute approximate surface area is 109 Å². The molecule has 4 nitrogen and oxygen atoms in total. The Morgan fingerprint density at radius 3 is 2.76 bits per heavy atom. The molecule has 1 atom stereocenters. The molecule has 1 aromatic carbocycles.